The van der Waals surface area contributed by atoms with E-state index in [-0.39, 0.29) is 5.92 Å². The molecule has 3 nitrogen and oxygen atoms in total. The molecule has 0 N–H and O–H groups in total. The van der Waals surface area contributed by atoms with E-state index < -0.39 is 0 Å². The lowest BCUT2D eigenvalue weighted by atomic mass is 9.90. The molecule has 0 aromatic carbocycles. The molecule has 2 rings (SSSR count). The molecule has 1 aliphatic heterocycles. The molecule has 1 aromatic heterocycles. The molecule has 1 aromatic rings. The van der Waals surface area contributed by atoms with Crippen LogP contribution in [0.3, 0.4) is 0 Å². The molecule has 1 atom stereocenters. The van der Waals surface area contributed by atoms with Gasteiger partial charge in [-0.25, -0.2) is 4.98 Å². The highest BCUT2D eigenvalue weighted by atomic mass is 35.5. The fourth-order valence-corrected chi connectivity index (χ4v) is 3.76. The Bertz CT molecular complexity index is 498. The van der Waals surface area contributed by atoms with Crippen molar-refractivity contribution < 1.29 is 4.79 Å². The number of hydrogen-bond donors (Lipinski definition) is 0. The number of anilines is 1. The molecule has 0 aliphatic carbocycles. The van der Waals surface area contributed by atoms with Gasteiger partial charge in [-0.2, -0.15) is 0 Å². The Morgan fingerprint density at radius 2 is 2.10 bits per heavy atom. The van der Waals surface area contributed by atoms with Crippen LogP contribution in [-0.2, 0) is 4.79 Å². The van der Waals surface area contributed by atoms with Crippen molar-refractivity contribution >= 4 is 23.6 Å². The number of nitrogens with zero attached hydrogens (tertiary/aromatic N) is 2. The van der Waals surface area contributed by atoms with E-state index in [2.05, 4.69) is 29.8 Å². The van der Waals surface area contributed by atoms with E-state index in [4.69, 9.17) is 11.6 Å². The largest absolute Gasteiger partial charge is 0.368 e. The smallest absolute Gasteiger partial charge is 0.135 e. The third kappa shape index (κ3) is 3.39. The average Bonchev–Trinajstić information content (AvgIpc) is 2.45. The van der Waals surface area contributed by atoms with Crippen molar-refractivity contribution in [3.8, 4) is 0 Å². The summed E-state index contributed by atoms with van der Waals surface area (Å²) in [6.45, 7) is 7.35. The van der Waals surface area contributed by atoms with Crippen LogP contribution < -0.4 is 4.90 Å². The van der Waals surface area contributed by atoms with Crippen LogP contribution in [0.15, 0.2) is 6.07 Å². The summed E-state index contributed by atoms with van der Waals surface area (Å²) in [5, 5.41) is 0.499. The molecule has 4 heteroatoms. The molecule has 2 heterocycles. The quantitative estimate of drug-likeness (QED) is 0.573. The summed E-state index contributed by atoms with van der Waals surface area (Å²) >= 11 is 6.35. The van der Waals surface area contributed by atoms with Crippen LogP contribution in [0.4, 0.5) is 5.69 Å². The Morgan fingerprint density at radius 1 is 1.43 bits per heavy atom. The molecule has 0 fully saturated rings. The Labute approximate surface area is 132 Å². The summed E-state index contributed by atoms with van der Waals surface area (Å²) in [6.07, 6.45) is 6.56. The van der Waals surface area contributed by atoms with Gasteiger partial charge in [0.05, 0.1) is 0 Å². The number of carbonyl (C=O) groups is 1. The minimum atomic E-state index is -0.110. The van der Waals surface area contributed by atoms with Gasteiger partial charge < -0.3 is 9.69 Å². The number of halogens is 1. The van der Waals surface area contributed by atoms with E-state index in [0.717, 1.165) is 36.2 Å². The standard InChI is InChI=1S/C17H25ClN2O/c1-4-6-14(7-5-2)20-9-8-13(11-21)16-15(20)10-12(3)19-17(16)18/h10-11,13-14H,4-9H2,1-3H3. The third-order valence-corrected chi connectivity index (χ3v) is 4.62. The molecule has 0 saturated carbocycles. The minimum Gasteiger partial charge on any atom is -0.368 e. The number of rotatable bonds is 6. The molecule has 0 saturated heterocycles. The zero-order chi connectivity index (χ0) is 15.4. The number of aromatic nitrogens is 1. The molecule has 0 amide bonds. The number of aldehydes is 1. The van der Waals surface area contributed by atoms with Crippen LogP contribution in [-0.4, -0.2) is 23.9 Å². The van der Waals surface area contributed by atoms with Crippen LogP contribution in [0, 0.1) is 6.92 Å². The Balaban J connectivity index is 2.45. The lowest BCUT2D eigenvalue weighted by Gasteiger charge is -2.40. The Morgan fingerprint density at radius 3 is 2.67 bits per heavy atom. The van der Waals surface area contributed by atoms with Crippen LogP contribution >= 0.6 is 11.6 Å². The van der Waals surface area contributed by atoms with Crippen molar-refractivity contribution in [2.75, 3.05) is 11.4 Å². The highest BCUT2D eigenvalue weighted by Crippen LogP contribution is 2.40. The van der Waals surface area contributed by atoms with Gasteiger partial charge in [-0.15, -0.1) is 0 Å². The number of aryl methyl sites for hydroxylation is 1. The molecule has 0 spiro atoms. The summed E-state index contributed by atoms with van der Waals surface area (Å²) in [4.78, 5) is 18.2. The van der Waals surface area contributed by atoms with Gasteiger partial charge >= 0.3 is 0 Å². The van der Waals surface area contributed by atoms with Crippen LogP contribution in [0.25, 0.3) is 0 Å². The molecule has 21 heavy (non-hydrogen) atoms. The van der Waals surface area contributed by atoms with Crippen LogP contribution in [0.5, 0.6) is 0 Å². The molecular weight excluding hydrogens is 284 g/mol. The van der Waals surface area contributed by atoms with Crippen molar-refractivity contribution in [1.29, 1.82) is 0 Å². The second kappa shape index (κ2) is 7.26. The summed E-state index contributed by atoms with van der Waals surface area (Å²) in [7, 11) is 0. The molecule has 116 valence electrons. The first-order chi connectivity index (χ1) is 10.1. The van der Waals surface area contributed by atoms with E-state index in [0.29, 0.717) is 11.2 Å². The van der Waals surface area contributed by atoms with Crippen molar-refractivity contribution in [3.63, 3.8) is 0 Å². The summed E-state index contributed by atoms with van der Waals surface area (Å²) in [5.74, 6) is -0.110. The first-order valence-corrected chi connectivity index (χ1v) is 8.39. The maximum atomic E-state index is 11.4. The van der Waals surface area contributed by atoms with Crippen LogP contribution in [0.1, 0.15) is 63.1 Å². The number of pyridine rings is 1. The lowest BCUT2D eigenvalue weighted by Crippen LogP contribution is -2.40. The van der Waals surface area contributed by atoms with E-state index >= 15 is 0 Å². The number of fused-ring (bicyclic) bond motifs is 1. The van der Waals surface area contributed by atoms with Crippen LogP contribution in [0.2, 0.25) is 5.15 Å². The second-order valence-corrected chi connectivity index (χ2v) is 6.30. The Hall–Kier alpha value is -1.09. The van der Waals surface area contributed by atoms with Gasteiger partial charge in [-0.1, -0.05) is 38.3 Å². The van der Waals surface area contributed by atoms with Gasteiger partial charge in [0.1, 0.15) is 11.4 Å². The van der Waals surface area contributed by atoms with Gasteiger partial charge in [0.15, 0.2) is 0 Å². The lowest BCUT2D eigenvalue weighted by molar-refractivity contribution is -0.109. The zero-order valence-corrected chi connectivity index (χ0v) is 14.0. The maximum absolute atomic E-state index is 11.4. The average molecular weight is 309 g/mol. The summed E-state index contributed by atoms with van der Waals surface area (Å²) < 4.78 is 0. The SMILES string of the molecule is CCCC(CCC)N1CCC(C=O)c2c1cc(C)nc2Cl. The minimum absolute atomic E-state index is 0.110. The molecule has 1 unspecified atom stereocenters. The van der Waals surface area contributed by atoms with Crippen molar-refractivity contribution in [3.05, 3.63) is 22.5 Å². The molecule has 0 bridgehead atoms. The molecular formula is C17H25ClN2O. The van der Waals surface area contributed by atoms with E-state index in [1.807, 2.05) is 6.92 Å². The van der Waals surface area contributed by atoms with E-state index in [9.17, 15) is 4.79 Å². The van der Waals surface area contributed by atoms with E-state index in [1.165, 1.54) is 25.7 Å². The highest BCUT2D eigenvalue weighted by Gasteiger charge is 2.31. The van der Waals surface area contributed by atoms with Gasteiger partial charge in [-0.3, -0.25) is 0 Å². The van der Waals surface area contributed by atoms with Crippen molar-refractivity contribution in [2.45, 2.75) is 64.8 Å². The zero-order valence-electron chi connectivity index (χ0n) is 13.2. The molecule has 1 aliphatic rings. The van der Waals surface area contributed by atoms with E-state index in [1.54, 1.807) is 0 Å². The first-order valence-electron chi connectivity index (χ1n) is 8.01. The van der Waals surface area contributed by atoms with Gasteiger partial charge in [0, 0.05) is 35.4 Å². The van der Waals surface area contributed by atoms with Crippen molar-refractivity contribution in [2.24, 2.45) is 0 Å². The fraction of sp³-hybridized carbons (Fsp3) is 0.647. The van der Waals surface area contributed by atoms with Gasteiger partial charge in [-0.05, 0) is 32.3 Å². The summed E-state index contributed by atoms with van der Waals surface area (Å²) in [6, 6.07) is 2.62. The normalized spacial score (nSPS) is 18.0. The first kappa shape index (κ1) is 16.3. The second-order valence-electron chi connectivity index (χ2n) is 5.94. The fourth-order valence-electron chi connectivity index (χ4n) is 3.39. The highest BCUT2D eigenvalue weighted by molar-refractivity contribution is 6.30. The molecule has 0 radical (unpaired) electrons. The third-order valence-electron chi connectivity index (χ3n) is 4.33. The number of carbonyl (C=O) groups excluding carboxylic acids is 1. The Kier molecular flexibility index (Phi) is 5.63. The van der Waals surface area contributed by atoms with Crippen molar-refractivity contribution in [1.82, 2.24) is 4.98 Å². The predicted molar refractivity (Wildman–Crippen MR) is 88.4 cm³/mol. The topological polar surface area (TPSA) is 33.2 Å². The predicted octanol–water partition coefficient (Wildman–Crippen LogP) is 4.50. The summed E-state index contributed by atoms with van der Waals surface area (Å²) in [5.41, 5.74) is 2.98. The monoisotopic (exact) mass is 308 g/mol. The maximum Gasteiger partial charge on any atom is 0.135 e. The number of hydrogen-bond acceptors (Lipinski definition) is 3. The van der Waals surface area contributed by atoms with Gasteiger partial charge in [0.2, 0.25) is 0 Å². The van der Waals surface area contributed by atoms with Gasteiger partial charge in [0.25, 0.3) is 0 Å².